The summed E-state index contributed by atoms with van der Waals surface area (Å²) < 4.78 is 44.8. The molecule has 1 aliphatic carbocycles. The van der Waals surface area contributed by atoms with Crippen molar-refractivity contribution in [3.8, 4) is 11.8 Å². The number of sulfonamides is 1. The zero-order valence-corrected chi connectivity index (χ0v) is 16.8. The summed E-state index contributed by atoms with van der Waals surface area (Å²) >= 11 is 0. The molecule has 29 heavy (non-hydrogen) atoms. The van der Waals surface area contributed by atoms with E-state index in [0.717, 1.165) is 34.8 Å². The van der Waals surface area contributed by atoms with Crippen LogP contribution in [-0.2, 0) is 20.2 Å². The molecule has 0 spiro atoms. The lowest BCUT2D eigenvalue weighted by molar-refractivity contribution is -0.116. The number of carbonyl (C=O) groups is 1. The van der Waals surface area contributed by atoms with Gasteiger partial charge in [0.2, 0.25) is 15.9 Å². The molecule has 1 aliphatic rings. The first-order valence-corrected chi connectivity index (χ1v) is 10.3. The fourth-order valence-corrected chi connectivity index (χ4v) is 4.26. The summed E-state index contributed by atoms with van der Waals surface area (Å²) in [6.45, 7) is -0.466. The number of amides is 1. The van der Waals surface area contributed by atoms with Crippen LogP contribution in [0.4, 0.5) is 10.1 Å². The van der Waals surface area contributed by atoms with Crippen LogP contribution in [0.1, 0.15) is 18.4 Å². The minimum absolute atomic E-state index is 0.0132. The van der Waals surface area contributed by atoms with E-state index in [1.807, 2.05) is 0 Å². The average Bonchev–Trinajstić information content (AvgIpc) is 3.49. The van der Waals surface area contributed by atoms with Gasteiger partial charge in [0, 0.05) is 12.7 Å². The molecular weight excluding hydrogens is 397 g/mol. The van der Waals surface area contributed by atoms with Crippen LogP contribution in [0.2, 0.25) is 0 Å². The molecule has 0 aromatic heterocycles. The molecule has 1 amide bonds. The quantitative estimate of drug-likeness (QED) is 0.747. The number of halogens is 1. The number of nitrogens with zero attached hydrogens (tertiary/aromatic N) is 2. The van der Waals surface area contributed by atoms with Crippen LogP contribution in [0.5, 0.6) is 5.75 Å². The maximum Gasteiger partial charge on any atom is 0.247 e. The van der Waals surface area contributed by atoms with E-state index >= 15 is 0 Å². The third kappa shape index (κ3) is 4.23. The van der Waals surface area contributed by atoms with Gasteiger partial charge in [-0.1, -0.05) is 12.1 Å². The number of anilines is 1. The maximum atomic E-state index is 13.5. The molecule has 3 rings (SSSR count). The number of benzene rings is 2. The molecule has 0 aliphatic heterocycles. The van der Waals surface area contributed by atoms with Crippen LogP contribution in [0.3, 0.4) is 0 Å². The van der Waals surface area contributed by atoms with Crippen molar-refractivity contribution >= 4 is 21.6 Å². The van der Waals surface area contributed by atoms with E-state index in [0.29, 0.717) is 5.69 Å². The fourth-order valence-electron chi connectivity index (χ4n) is 2.97. The van der Waals surface area contributed by atoms with Crippen molar-refractivity contribution in [2.24, 2.45) is 0 Å². The van der Waals surface area contributed by atoms with Crippen LogP contribution in [-0.4, -0.2) is 39.3 Å². The van der Waals surface area contributed by atoms with Crippen molar-refractivity contribution < 1.29 is 22.3 Å². The van der Waals surface area contributed by atoms with Crippen LogP contribution in [0, 0.1) is 17.1 Å². The minimum atomic E-state index is -4.14. The highest BCUT2D eigenvalue weighted by Gasteiger charge is 2.44. The Bertz CT molecular complexity index is 1070. The monoisotopic (exact) mass is 417 g/mol. The highest BCUT2D eigenvalue weighted by atomic mass is 32.2. The number of ether oxygens (including phenoxy) is 1. The van der Waals surface area contributed by atoms with Gasteiger partial charge in [-0.15, -0.1) is 0 Å². The first kappa shape index (κ1) is 20.8. The number of nitrogens with one attached hydrogen (secondary N) is 1. The molecule has 9 heteroatoms. The van der Waals surface area contributed by atoms with Crippen molar-refractivity contribution in [1.82, 2.24) is 4.31 Å². The van der Waals surface area contributed by atoms with E-state index in [1.165, 1.54) is 20.2 Å². The zero-order valence-electron chi connectivity index (χ0n) is 16.0. The molecule has 0 atom stereocenters. The Morgan fingerprint density at radius 3 is 2.48 bits per heavy atom. The number of nitriles is 1. The maximum absolute atomic E-state index is 13.5. The van der Waals surface area contributed by atoms with Gasteiger partial charge in [0.15, 0.2) is 0 Å². The molecule has 0 saturated heterocycles. The standard InChI is InChI=1S/C20H20FN3O4S/c1-24(29(26,27)18-11-15(21)5-8-17(18)28-2)12-19(25)23-16-6-3-14(4-7-16)20(13-22)9-10-20/h3-8,11H,9-10,12H2,1-2H3,(H,23,25). The molecule has 0 bridgehead atoms. The van der Waals surface area contributed by atoms with Gasteiger partial charge in [0.05, 0.1) is 25.1 Å². The zero-order chi connectivity index (χ0) is 21.2. The van der Waals surface area contributed by atoms with Gasteiger partial charge in [-0.3, -0.25) is 4.79 Å². The number of methoxy groups -OCH3 is 1. The summed E-state index contributed by atoms with van der Waals surface area (Å²) in [6, 6.07) is 12.4. The molecule has 0 unspecified atom stereocenters. The van der Waals surface area contributed by atoms with Gasteiger partial charge in [0.25, 0.3) is 0 Å². The molecule has 1 fully saturated rings. The minimum Gasteiger partial charge on any atom is -0.495 e. The largest absolute Gasteiger partial charge is 0.495 e. The Labute approximate surface area is 168 Å². The first-order valence-electron chi connectivity index (χ1n) is 8.83. The van der Waals surface area contributed by atoms with Crippen LogP contribution < -0.4 is 10.1 Å². The van der Waals surface area contributed by atoms with Gasteiger partial charge in [0.1, 0.15) is 16.5 Å². The normalized spacial score (nSPS) is 14.9. The van der Waals surface area contributed by atoms with Gasteiger partial charge in [-0.2, -0.15) is 9.57 Å². The second kappa shape index (κ2) is 7.81. The predicted octanol–water partition coefficient (Wildman–Crippen LogP) is 2.65. The smallest absolute Gasteiger partial charge is 0.247 e. The molecule has 7 nitrogen and oxygen atoms in total. The number of hydrogen-bond acceptors (Lipinski definition) is 5. The average molecular weight is 417 g/mol. The van der Waals surface area contributed by atoms with Gasteiger partial charge in [-0.05, 0) is 48.7 Å². The van der Waals surface area contributed by atoms with Crippen LogP contribution in [0.15, 0.2) is 47.4 Å². The lowest BCUT2D eigenvalue weighted by Gasteiger charge is -2.18. The van der Waals surface area contributed by atoms with Gasteiger partial charge >= 0.3 is 0 Å². The highest BCUT2D eigenvalue weighted by molar-refractivity contribution is 7.89. The summed E-state index contributed by atoms with van der Waals surface area (Å²) in [5.74, 6) is -1.30. The van der Waals surface area contributed by atoms with Crippen LogP contribution in [0.25, 0.3) is 0 Å². The molecule has 152 valence electrons. The lowest BCUT2D eigenvalue weighted by Crippen LogP contribution is -2.35. The summed E-state index contributed by atoms with van der Waals surface area (Å²) in [4.78, 5) is 11.9. The predicted molar refractivity (Wildman–Crippen MR) is 104 cm³/mol. The summed E-state index contributed by atoms with van der Waals surface area (Å²) in [6.07, 6.45) is 1.64. The summed E-state index contributed by atoms with van der Waals surface area (Å²) in [5.41, 5.74) is 0.971. The number of hydrogen-bond donors (Lipinski definition) is 1. The Kier molecular flexibility index (Phi) is 5.59. The molecule has 0 radical (unpaired) electrons. The van der Waals surface area contributed by atoms with Gasteiger partial charge < -0.3 is 10.1 Å². The van der Waals surface area contributed by atoms with Crippen molar-refractivity contribution in [3.63, 3.8) is 0 Å². The third-order valence-corrected chi connectivity index (χ3v) is 6.69. The van der Waals surface area contributed by atoms with Crippen molar-refractivity contribution in [1.29, 1.82) is 5.26 Å². The van der Waals surface area contributed by atoms with E-state index in [2.05, 4.69) is 11.4 Å². The molecule has 2 aromatic carbocycles. The molecule has 2 aromatic rings. The molecular formula is C20H20FN3O4S. The second-order valence-electron chi connectivity index (χ2n) is 6.88. The molecule has 0 heterocycles. The van der Waals surface area contributed by atoms with Gasteiger partial charge in [-0.25, -0.2) is 12.8 Å². The number of carbonyl (C=O) groups excluding carboxylic acids is 1. The van der Waals surface area contributed by atoms with Crippen molar-refractivity contribution in [2.45, 2.75) is 23.2 Å². The van der Waals surface area contributed by atoms with E-state index in [-0.39, 0.29) is 10.6 Å². The van der Waals surface area contributed by atoms with E-state index in [4.69, 9.17) is 4.74 Å². The second-order valence-corrected chi connectivity index (χ2v) is 8.89. The fraction of sp³-hybridized carbons (Fsp3) is 0.300. The van der Waals surface area contributed by atoms with E-state index in [1.54, 1.807) is 24.3 Å². The Morgan fingerprint density at radius 2 is 1.93 bits per heavy atom. The Hall–Kier alpha value is -2.96. The van der Waals surface area contributed by atoms with E-state index in [9.17, 15) is 22.9 Å². The van der Waals surface area contributed by atoms with Crippen molar-refractivity contribution in [3.05, 3.63) is 53.8 Å². The molecule has 1 saturated carbocycles. The number of likely N-dealkylation sites (N-methyl/N-ethyl adjacent to an activating group) is 1. The first-order chi connectivity index (χ1) is 13.7. The third-order valence-electron chi connectivity index (χ3n) is 4.87. The molecule has 1 N–H and O–H groups in total. The van der Waals surface area contributed by atoms with E-state index < -0.39 is 33.7 Å². The summed E-state index contributed by atoms with van der Waals surface area (Å²) in [5, 5.41) is 11.9. The lowest BCUT2D eigenvalue weighted by atomic mass is 9.98. The summed E-state index contributed by atoms with van der Waals surface area (Å²) in [7, 11) is -1.63. The highest BCUT2D eigenvalue weighted by Crippen LogP contribution is 2.47. The number of rotatable bonds is 7. The van der Waals surface area contributed by atoms with Crippen molar-refractivity contribution in [2.75, 3.05) is 26.0 Å². The SMILES string of the molecule is COc1ccc(F)cc1S(=O)(=O)N(C)CC(=O)Nc1ccc(C2(C#N)CC2)cc1. The topological polar surface area (TPSA) is 99.5 Å². The Balaban J connectivity index is 1.69. The van der Waals surface area contributed by atoms with Crippen LogP contribution >= 0.6 is 0 Å². The Morgan fingerprint density at radius 1 is 1.28 bits per heavy atom.